The van der Waals surface area contributed by atoms with Crippen LogP contribution in [0.15, 0.2) is 23.0 Å². The highest BCUT2D eigenvalue weighted by Crippen LogP contribution is 2.31. The van der Waals surface area contributed by atoms with Gasteiger partial charge in [-0.3, -0.25) is 9.59 Å². The van der Waals surface area contributed by atoms with Crippen molar-refractivity contribution in [1.29, 1.82) is 0 Å². The van der Waals surface area contributed by atoms with Gasteiger partial charge in [-0.2, -0.15) is 0 Å². The van der Waals surface area contributed by atoms with E-state index < -0.39 is 5.60 Å². The Kier molecular flexibility index (Phi) is 5.70. The van der Waals surface area contributed by atoms with Crippen LogP contribution in [0.5, 0.6) is 11.5 Å². The maximum Gasteiger partial charge on any atom is 0.251 e. The molecule has 0 bridgehead atoms. The summed E-state index contributed by atoms with van der Waals surface area (Å²) in [7, 11) is 3.09. The highest BCUT2D eigenvalue weighted by Gasteiger charge is 2.31. The largest absolute Gasteiger partial charge is 0.493 e. The van der Waals surface area contributed by atoms with Crippen molar-refractivity contribution in [2.45, 2.75) is 44.1 Å². The number of aromatic nitrogens is 1. The average Bonchev–Trinajstić information content (AvgIpc) is 3.10. The molecule has 0 spiro atoms. The number of carbonyl (C=O) groups excluding carboxylic acids is 1. The van der Waals surface area contributed by atoms with Crippen molar-refractivity contribution in [3.05, 3.63) is 34.1 Å². The standard InChI is InChI=1S/C20H26N2O5/c1-26-16-10-14-9-13(19(24)22-15(14)11-17(16)27-2)5-6-18(23)21-12-20(25)7-3-4-8-20/h9-11,25H,3-8,12H2,1-2H3,(H,21,23)(H,22,24). The van der Waals surface area contributed by atoms with Crippen molar-refractivity contribution in [3.8, 4) is 11.5 Å². The molecule has 146 valence electrons. The van der Waals surface area contributed by atoms with Crippen molar-refractivity contribution in [2.75, 3.05) is 20.8 Å². The molecule has 1 amide bonds. The lowest BCUT2D eigenvalue weighted by molar-refractivity contribution is -0.122. The van der Waals surface area contributed by atoms with Gasteiger partial charge in [0.15, 0.2) is 11.5 Å². The highest BCUT2D eigenvalue weighted by molar-refractivity contribution is 5.83. The maximum absolute atomic E-state index is 12.3. The number of benzene rings is 1. The summed E-state index contributed by atoms with van der Waals surface area (Å²) < 4.78 is 10.5. The van der Waals surface area contributed by atoms with E-state index >= 15 is 0 Å². The van der Waals surface area contributed by atoms with Crippen LogP contribution < -0.4 is 20.3 Å². The Hall–Kier alpha value is -2.54. The van der Waals surface area contributed by atoms with E-state index in [9.17, 15) is 14.7 Å². The van der Waals surface area contributed by atoms with Gasteiger partial charge in [0.1, 0.15) is 0 Å². The minimum atomic E-state index is -0.772. The molecular weight excluding hydrogens is 348 g/mol. The number of hydrogen-bond donors (Lipinski definition) is 3. The first-order valence-corrected chi connectivity index (χ1v) is 9.21. The second-order valence-corrected chi connectivity index (χ2v) is 7.13. The molecule has 0 unspecified atom stereocenters. The number of rotatable bonds is 7. The first-order chi connectivity index (χ1) is 12.9. The number of ether oxygens (including phenoxy) is 2. The summed E-state index contributed by atoms with van der Waals surface area (Å²) in [6, 6.07) is 5.28. The molecule has 3 rings (SSSR count). The lowest BCUT2D eigenvalue weighted by Gasteiger charge is -2.22. The van der Waals surface area contributed by atoms with E-state index in [0.29, 0.717) is 29.0 Å². The van der Waals surface area contributed by atoms with E-state index in [4.69, 9.17) is 9.47 Å². The maximum atomic E-state index is 12.3. The molecule has 0 aliphatic heterocycles. The number of hydrogen-bond acceptors (Lipinski definition) is 5. The fraction of sp³-hybridized carbons (Fsp3) is 0.500. The Morgan fingerprint density at radius 1 is 1.19 bits per heavy atom. The molecule has 0 atom stereocenters. The summed E-state index contributed by atoms with van der Waals surface area (Å²) in [6.45, 7) is 0.275. The SMILES string of the molecule is COc1cc2cc(CCC(=O)NCC3(O)CCCC3)c(=O)[nH]c2cc1OC. The zero-order valence-electron chi connectivity index (χ0n) is 15.8. The summed E-state index contributed by atoms with van der Waals surface area (Å²) in [5.41, 5.74) is 0.182. The second kappa shape index (κ2) is 8.00. The van der Waals surface area contributed by atoms with Crippen LogP contribution in [0, 0.1) is 0 Å². The second-order valence-electron chi connectivity index (χ2n) is 7.13. The molecule has 1 aromatic heterocycles. The van der Waals surface area contributed by atoms with Crippen LogP contribution in [-0.2, 0) is 11.2 Å². The van der Waals surface area contributed by atoms with Crippen LogP contribution in [0.1, 0.15) is 37.7 Å². The lowest BCUT2D eigenvalue weighted by atomic mass is 10.0. The topological polar surface area (TPSA) is 101 Å². The Morgan fingerprint density at radius 2 is 1.85 bits per heavy atom. The van der Waals surface area contributed by atoms with Crippen LogP contribution in [-0.4, -0.2) is 42.4 Å². The van der Waals surface area contributed by atoms with Gasteiger partial charge in [-0.1, -0.05) is 12.8 Å². The summed E-state index contributed by atoms with van der Waals surface area (Å²) in [6.07, 6.45) is 3.95. The van der Waals surface area contributed by atoms with E-state index in [1.807, 2.05) is 0 Å². The molecular formula is C20H26N2O5. The molecule has 1 saturated carbocycles. The van der Waals surface area contributed by atoms with E-state index in [1.54, 1.807) is 25.3 Å². The Balaban J connectivity index is 1.68. The molecule has 0 radical (unpaired) electrons. The third kappa shape index (κ3) is 4.42. The lowest BCUT2D eigenvalue weighted by Crippen LogP contribution is -2.40. The van der Waals surface area contributed by atoms with Gasteiger partial charge in [-0.15, -0.1) is 0 Å². The third-order valence-electron chi connectivity index (χ3n) is 5.20. The monoisotopic (exact) mass is 374 g/mol. The zero-order valence-corrected chi connectivity index (χ0v) is 15.8. The number of aliphatic hydroxyl groups is 1. The minimum Gasteiger partial charge on any atom is -0.493 e. The normalized spacial score (nSPS) is 15.7. The molecule has 1 aliphatic rings. The summed E-state index contributed by atoms with van der Waals surface area (Å²) in [4.78, 5) is 27.2. The van der Waals surface area contributed by atoms with Gasteiger partial charge in [0.05, 0.1) is 25.3 Å². The van der Waals surface area contributed by atoms with Gasteiger partial charge in [0.25, 0.3) is 5.56 Å². The highest BCUT2D eigenvalue weighted by atomic mass is 16.5. The van der Waals surface area contributed by atoms with Gasteiger partial charge in [0, 0.05) is 30.0 Å². The molecule has 7 nitrogen and oxygen atoms in total. The smallest absolute Gasteiger partial charge is 0.251 e. The van der Waals surface area contributed by atoms with Crippen LogP contribution in [0.25, 0.3) is 10.9 Å². The predicted octanol–water partition coefficient (Wildman–Crippen LogP) is 1.90. The average molecular weight is 374 g/mol. The molecule has 1 aromatic carbocycles. The molecule has 27 heavy (non-hydrogen) atoms. The number of aromatic amines is 1. The zero-order chi connectivity index (χ0) is 19.4. The van der Waals surface area contributed by atoms with Crippen LogP contribution in [0.2, 0.25) is 0 Å². The van der Waals surface area contributed by atoms with Crippen molar-refractivity contribution >= 4 is 16.8 Å². The van der Waals surface area contributed by atoms with Crippen LogP contribution in [0.4, 0.5) is 0 Å². The Bertz CT molecular complexity index is 884. The Labute approximate surface area is 157 Å². The van der Waals surface area contributed by atoms with Crippen LogP contribution >= 0.6 is 0 Å². The minimum absolute atomic E-state index is 0.165. The molecule has 1 aliphatic carbocycles. The number of amides is 1. The summed E-state index contributed by atoms with van der Waals surface area (Å²) >= 11 is 0. The molecule has 0 saturated heterocycles. The number of aryl methyl sites for hydroxylation is 1. The number of nitrogens with one attached hydrogen (secondary N) is 2. The predicted molar refractivity (Wildman–Crippen MR) is 102 cm³/mol. The number of fused-ring (bicyclic) bond motifs is 1. The molecule has 1 fully saturated rings. The Morgan fingerprint density at radius 3 is 2.52 bits per heavy atom. The molecule has 2 aromatic rings. The fourth-order valence-electron chi connectivity index (χ4n) is 3.57. The van der Waals surface area contributed by atoms with Gasteiger partial charge < -0.3 is 24.9 Å². The summed E-state index contributed by atoms with van der Waals surface area (Å²) in [5.74, 6) is 0.949. The van der Waals surface area contributed by atoms with E-state index in [1.165, 1.54) is 7.11 Å². The van der Waals surface area contributed by atoms with E-state index in [-0.39, 0.29) is 24.4 Å². The number of pyridine rings is 1. The number of H-pyrrole nitrogens is 1. The van der Waals surface area contributed by atoms with Gasteiger partial charge in [0.2, 0.25) is 5.91 Å². The first-order valence-electron chi connectivity index (χ1n) is 9.21. The van der Waals surface area contributed by atoms with E-state index in [2.05, 4.69) is 10.3 Å². The number of carbonyl (C=O) groups is 1. The molecule has 7 heteroatoms. The quantitative estimate of drug-likeness (QED) is 0.687. The van der Waals surface area contributed by atoms with E-state index in [0.717, 1.165) is 31.1 Å². The first kappa shape index (κ1) is 19.2. The van der Waals surface area contributed by atoms with Crippen molar-refractivity contribution < 1.29 is 19.4 Å². The van der Waals surface area contributed by atoms with Crippen molar-refractivity contribution in [1.82, 2.24) is 10.3 Å². The molecule has 3 N–H and O–H groups in total. The molecule has 1 heterocycles. The van der Waals surface area contributed by atoms with Gasteiger partial charge >= 0.3 is 0 Å². The van der Waals surface area contributed by atoms with Gasteiger partial charge in [-0.25, -0.2) is 0 Å². The third-order valence-corrected chi connectivity index (χ3v) is 5.20. The number of methoxy groups -OCH3 is 2. The van der Waals surface area contributed by atoms with Crippen LogP contribution in [0.3, 0.4) is 0 Å². The van der Waals surface area contributed by atoms with Gasteiger partial charge in [-0.05, 0) is 31.4 Å². The van der Waals surface area contributed by atoms with Crippen molar-refractivity contribution in [2.24, 2.45) is 0 Å². The summed E-state index contributed by atoms with van der Waals surface area (Å²) in [5, 5.41) is 13.9. The van der Waals surface area contributed by atoms with Crippen molar-refractivity contribution in [3.63, 3.8) is 0 Å². The fourth-order valence-corrected chi connectivity index (χ4v) is 3.57.